The third kappa shape index (κ3) is 5.96. The summed E-state index contributed by atoms with van der Waals surface area (Å²) in [7, 11) is 0. The molecule has 0 saturated carbocycles. The first-order chi connectivity index (χ1) is 29.0. The molecule has 0 spiro atoms. The topological polar surface area (TPSA) is 12.5 Å². The van der Waals surface area contributed by atoms with Gasteiger partial charge in [0.1, 0.15) is 11.5 Å². The second kappa shape index (κ2) is 13.9. The first-order valence-corrected chi connectivity index (χ1v) is 20.4. The van der Waals surface area contributed by atoms with E-state index in [9.17, 15) is 0 Å². The third-order valence-electron chi connectivity index (χ3n) is 12.3. The molecule has 0 radical (unpaired) electrons. The van der Waals surface area contributed by atoms with Crippen LogP contribution in [0.25, 0.3) is 66.8 Å². The summed E-state index contributed by atoms with van der Waals surface area (Å²) in [6.45, 7) is 4.69. The maximum atomic E-state index is 7.08. The van der Waals surface area contributed by atoms with Crippen molar-refractivity contribution in [3.8, 4) is 78.3 Å². The Morgan fingerprint density at radius 3 is 1.46 bits per heavy atom. The molecule has 9 aromatic carbocycles. The van der Waals surface area contributed by atoms with Gasteiger partial charge in [-0.25, -0.2) is 0 Å². The Bertz CT molecular complexity index is 3020. The molecule has 0 aromatic heterocycles. The molecule has 59 heavy (non-hydrogen) atoms. The van der Waals surface area contributed by atoms with Gasteiger partial charge in [-0.1, -0.05) is 166 Å². The molecule has 0 unspecified atom stereocenters. The lowest BCUT2D eigenvalue weighted by Gasteiger charge is -2.29. The van der Waals surface area contributed by atoms with Gasteiger partial charge in [-0.15, -0.1) is 0 Å². The number of nitrogens with zero attached hydrogens (tertiary/aromatic N) is 1. The molecule has 1 aliphatic heterocycles. The summed E-state index contributed by atoms with van der Waals surface area (Å²) in [4.78, 5) is 2.38. The Morgan fingerprint density at radius 2 is 0.780 bits per heavy atom. The summed E-state index contributed by atoms with van der Waals surface area (Å²) in [6, 6.07) is 76.7. The normalized spacial score (nSPS) is 12.8. The van der Waals surface area contributed by atoms with Crippen molar-refractivity contribution in [2.45, 2.75) is 19.3 Å². The van der Waals surface area contributed by atoms with E-state index in [1.165, 1.54) is 50.1 Å². The smallest absolute Gasteiger partial charge is 0.137 e. The van der Waals surface area contributed by atoms with E-state index in [0.29, 0.717) is 0 Å². The van der Waals surface area contributed by atoms with E-state index in [4.69, 9.17) is 4.74 Å². The standard InChI is InChI=1S/C57H41NO/c1-57(2)53-21-13-12-20-48(53)49-31-28-45(36-54(49)57)58(44-26-22-41(23-27-44)38-14-6-3-7-15-38)46-29-32-50-47-30-24-42(39-16-8-4-9-17-39)34-51(47)52-35-43(40-18-10-5-11-19-40)25-33-55(52)59-56(50)37-46/h3-37H,1-2H3. The van der Waals surface area contributed by atoms with Crippen LogP contribution in [-0.4, -0.2) is 0 Å². The number of hydrogen-bond acceptors (Lipinski definition) is 2. The fraction of sp³-hybridized carbons (Fsp3) is 0.0526. The maximum Gasteiger partial charge on any atom is 0.137 e. The highest BCUT2D eigenvalue weighted by Crippen LogP contribution is 2.53. The Hall–Kier alpha value is -7.42. The van der Waals surface area contributed by atoms with Crippen molar-refractivity contribution in [1.82, 2.24) is 0 Å². The van der Waals surface area contributed by atoms with E-state index in [1.807, 2.05) is 0 Å². The second-order valence-corrected chi connectivity index (χ2v) is 16.1. The van der Waals surface area contributed by atoms with Crippen LogP contribution in [0.2, 0.25) is 0 Å². The zero-order valence-electron chi connectivity index (χ0n) is 33.1. The average molecular weight is 756 g/mol. The van der Waals surface area contributed by atoms with Crippen molar-refractivity contribution in [2.24, 2.45) is 0 Å². The Balaban J connectivity index is 1.08. The molecule has 0 bridgehead atoms. The molecule has 280 valence electrons. The van der Waals surface area contributed by atoms with Crippen LogP contribution >= 0.6 is 0 Å². The largest absolute Gasteiger partial charge is 0.456 e. The molecule has 0 N–H and O–H groups in total. The molecular weight excluding hydrogens is 715 g/mol. The zero-order valence-corrected chi connectivity index (χ0v) is 33.1. The van der Waals surface area contributed by atoms with Crippen molar-refractivity contribution in [3.05, 3.63) is 223 Å². The van der Waals surface area contributed by atoms with Crippen LogP contribution in [0, 0.1) is 0 Å². The maximum absolute atomic E-state index is 7.08. The fourth-order valence-corrected chi connectivity index (χ4v) is 9.24. The second-order valence-electron chi connectivity index (χ2n) is 16.1. The van der Waals surface area contributed by atoms with Gasteiger partial charge in [-0.05, 0) is 121 Å². The van der Waals surface area contributed by atoms with Crippen molar-refractivity contribution in [3.63, 3.8) is 0 Å². The quantitative estimate of drug-likeness (QED) is 0.168. The number of hydrogen-bond donors (Lipinski definition) is 0. The minimum atomic E-state index is -0.133. The van der Waals surface area contributed by atoms with Gasteiger partial charge in [0, 0.05) is 39.7 Å². The number of rotatable bonds is 6. The monoisotopic (exact) mass is 755 g/mol. The number of anilines is 3. The molecule has 9 aromatic rings. The summed E-state index contributed by atoms with van der Waals surface area (Å²) in [5.74, 6) is 1.66. The van der Waals surface area contributed by atoms with Gasteiger partial charge < -0.3 is 9.64 Å². The number of ether oxygens (including phenoxy) is 1. The summed E-state index contributed by atoms with van der Waals surface area (Å²) >= 11 is 0. The molecule has 1 heterocycles. The van der Waals surface area contributed by atoms with Gasteiger partial charge in [-0.2, -0.15) is 0 Å². The number of benzene rings is 9. The molecular formula is C57H41NO. The van der Waals surface area contributed by atoms with Crippen LogP contribution < -0.4 is 9.64 Å². The lowest BCUT2D eigenvalue weighted by molar-refractivity contribution is 0.488. The summed E-state index contributed by atoms with van der Waals surface area (Å²) in [6.07, 6.45) is 0. The average Bonchev–Trinajstić information content (AvgIpc) is 3.43. The van der Waals surface area contributed by atoms with Crippen molar-refractivity contribution >= 4 is 17.1 Å². The van der Waals surface area contributed by atoms with Gasteiger partial charge >= 0.3 is 0 Å². The molecule has 0 fully saturated rings. The lowest BCUT2D eigenvalue weighted by atomic mass is 9.82. The van der Waals surface area contributed by atoms with Gasteiger partial charge in [0.05, 0.1) is 0 Å². The van der Waals surface area contributed by atoms with Crippen LogP contribution in [0.1, 0.15) is 25.0 Å². The Morgan fingerprint density at radius 1 is 0.305 bits per heavy atom. The molecule has 2 aliphatic rings. The summed E-state index contributed by atoms with van der Waals surface area (Å²) in [5, 5.41) is 0. The predicted octanol–water partition coefficient (Wildman–Crippen LogP) is 15.9. The highest BCUT2D eigenvalue weighted by atomic mass is 16.5. The van der Waals surface area contributed by atoms with Gasteiger partial charge in [-0.3, -0.25) is 0 Å². The summed E-state index contributed by atoms with van der Waals surface area (Å²) < 4.78 is 7.08. The van der Waals surface area contributed by atoms with Gasteiger partial charge in [0.15, 0.2) is 0 Å². The van der Waals surface area contributed by atoms with E-state index >= 15 is 0 Å². The van der Waals surface area contributed by atoms with Crippen molar-refractivity contribution in [1.29, 1.82) is 0 Å². The first-order valence-electron chi connectivity index (χ1n) is 20.4. The molecule has 0 amide bonds. The molecule has 2 nitrogen and oxygen atoms in total. The van der Waals surface area contributed by atoms with E-state index in [0.717, 1.165) is 56.4 Å². The van der Waals surface area contributed by atoms with Crippen LogP contribution in [0.5, 0.6) is 11.5 Å². The highest BCUT2D eigenvalue weighted by Gasteiger charge is 2.36. The zero-order chi connectivity index (χ0) is 39.5. The SMILES string of the molecule is CC1(C)c2ccccc2-c2ccc(N(c3ccc(-c4ccccc4)cc3)c3ccc4c(c3)Oc3ccc(-c5ccccc5)cc3-c3cc(-c5ccccc5)ccc3-4)cc21. The molecule has 2 heteroatoms. The van der Waals surface area contributed by atoms with Crippen LogP contribution in [0.15, 0.2) is 212 Å². The van der Waals surface area contributed by atoms with Crippen molar-refractivity contribution < 1.29 is 4.74 Å². The predicted molar refractivity (Wildman–Crippen MR) is 246 cm³/mol. The van der Waals surface area contributed by atoms with E-state index in [-0.39, 0.29) is 5.41 Å². The third-order valence-corrected chi connectivity index (χ3v) is 12.3. The fourth-order valence-electron chi connectivity index (χ4n) is 9.24. The first kappa shape index (κ1) is 34.8. The molecule has 0 saturated heterocycles. The Kier molecular flexibility index (Phi) is 8.20. The highest BCUT2D eigenvalue weighted by molar-refractivity contribution is 5.96. The Labute approximate surface area is 346 Å². The molecule has 0 atom stereocenters. The number of fused-ring (bicyclic) bond motifs is 8. The van der Waals surface area contributed by atoms with E-state index in [2.05, 4.69) is 231 Å². The van der Waals surface area contributed by atoms with Crippen LogP contribution in [0.3, 0.4) is 0 Å². The summed E-state index contributed by atoms with van der Waals surface area (Å²) in [5.41, 5.74) is 19.9. The van der Waals surface area contributed by atoms with Crippen LogP contribution in [0.4, 0.5) is 17.1 Å². The van der Waals surface area contributed by atoms with Crippen molar-refractivity contribution in [2.75, 3.05) is 4.90 Å². The molecule has 11 rings (SSSR count). The van der Waals surface area contributed by atoms with Gasteiger partial charge in [0.25, 0.3) is 0 Å². The van der Waals surface area contributed by atoms with E-state index < -0.39 is 0 Å². The van der Waals surface area contributed by atoms with E-state index in [1.54, 1.807) is 0 Å². The van der Waals surface area contributed by atoms with Gasteiger partial charge in [0.2, 0.25) is 0 Å². The minimum Gasteiger partial charge on any atom is -0.456 e. The minimum absolute atomic E-state index is 0.133. The molecule has 1 aliphatic carbocycles. The van der Waals surface area contributed by atoms with Crippen LogP contribution in [-0.2, 0) is 5.41 Å². The lowest BCUT2D eigenvalue weighted by Crippen LogP contribution is -2.16.